The highest BCUT2D eigenvalue weighted by atomic mass is 79.9. The van der Waals surface area contributed by atoms with Gasteiger partial charge in [-0.1, -0.05) is 30.3 Å². The highest BCUT2D eigenvalue weighted by Gasteiger charge is 2.22. The molecule has 166 valence electrons. The van der Waals surface area contributed by atoms with E-state index in [1.807, 2.05) is 30.3 Å². The molecule has 2 amide bonds. The van der Waals surface area contributed by atoms with Crippen molar-refractivity contribution in [2.75, 3.05) is 0 Å². The number of hydrogen-bond acceptors (Lipinski definition) is 6. The van der Waals surface area contributed by atoms with Gasteiger partial charge in [0.1, 0.15) is 18.4 Å². The van der Waals surface area contributed by atoms with Gasteiger partial charge >= 0.3 is 6.09 Å². The van der Waals surface area contributed by atoms with Crippen LogP contribution in [0.3, 0.4) is 0 Å². The van der Waals surface area contributed by atoms with Gasteiger partial charge in [0.25, 0.3) is 5.91 Å². The minimum atomic E-state index is -0.950. The average Bonchev–Trinajstić information content (AvgIpc) is 3.29. The van der Waals surface area contributed by atoms with Crippen molar-refractivity contribution in [2.24, 2.45) is 5.10 Å². The van der Waals surface area contributed by atoms with E-state index < -0.39 is 18.0 Å². The Morgan fingerprint density at radius 3 is 2.59 bits per heavy atom. The number of alkyl carbamates (subject to hydrolysis) is 1. The molecule has 2 aromatic carbocycles. The van der Waals surface area contributed by atoms with E-state index in [1.54, 1.807) is 18.3 Å². The van der Waals surface area contributed by atoms with Crippen LogP contribution in [0, 0.1) is 0 Å². The number of benzene rings is 2. The highest BCUT2D eigenvalue weighted by molar-refractivity contribution is 9.11. The fourth-order valence-corrected chi connectivity index (χ4v) is 3.86. The van der Waals surface area contributed by atoms with Crippen molar-refractivity contribution in [3.05, 3.63) is 80.8 Å². The lowest BCUT2D eigenvalue weighted by Gasteiger charge is -2.16. The van der Waals surface area contributed by atoms with Crippen molar-refractivity contribution in [2.45, 2.75) is 19.1 Å². The lowest BCUT2D eigenvalue weighted by molar-refractivity contribution is -0.123. The largest absolute Gasteiger partial charge is 0.506 e. The molecule has 0 unspecified atom stereocenters. The third-order valence-corrected chi connectivity index (χ3v) is 5.44. The van der Waals surface area contributed by atoms with Crippen LogP contribution in [-0.4, -0.2) is 39.3 Å². The predicted octanol–water partition coefficient (Wildman–Crippen LogP) is 3.63. The molecular weight excluding hydrogens is 546 g/mol. The van der Waals surface area contributed by atoms with E-state index in [1.165, 1.54) is 12.5 Å². The van der Waals surface area contributed by atoms with Crippen LogP contribution in [-0.2, 0) is 22.6 Å². The minimum absolute atomic E-state index is 0.0593. The first-order valence-electron chi connectivity index (χ1n) is 9.37. The number of nitrogens with zero attached hydrogens (tertiary/aromatic N) is 2. The van der Waals surface area contributed by atoms with E-state index in [4.69, 9.17) is 4.74 Å². The van der Waals surface area contributed by atoms with Gasteiger partial charge < -0.3 is 20.1 Å². The first kappa shape index (κ1) is 23.5. The summed E-state index contributed by atoms with van der Waals surface area (Å²) in [6, 6.07) is 11.5. The van der Waals surface area contributed by atoms with E-state index in [-0.39, 0.29) is 18.8 Å². The van der Waals surface area contributed by atoms with Crippen molar-refractivity contribution in [3.8, 4) is 5.75 Å². The van der Waals surface area contributed by atoms with Crippen molar-refractivity contribution in [1.29, 1.82) is 0 Å². The molecule has 3 rings (SSSR count). The number of carbonyl (C=O) groups excluding carboxylic acids is 2. The number of ether oxygens (including phenoxy) is 1. The normalized spacial score (nSPS) is 11.8. The standard InChI is InChI=1S/C21H19Br2N5O4/c22-16-6-14(7-17(23)19(16)29)9-26-28-20(30)18(8-15-10-24-12-25-15)27-21(31)32-11-13-4-2-1-3-5-13/h1-7,9-10,12,18,29H,8,11H2,(H,24,25)(H,27,31)(H,28,30)/b26-9-/t18-/m0/s1. The summed E-state index contributed by atoms with van der Waals surface area (Å²) in [5, 5.41) is 16.3. The van der Waals surface area contributed by atoms with Crippen molar-refractivity contribution in [1.82, 2.24) is 20.7 Å². The molecule has 1 atom stereocenters. The van der Waals surface area contributed by atoms with Gasteiger partial charge in [0.05, 0.1) is 21.5 Å². The van der Waals surface area contributed by atoms with Crippen molar-refractivity contribution in [3.63, 3.8) is 0 Å². The van der Waals surface area contributed by atoms with Crippen molar-refractivity contribution >= 4 is 50.1 Å². The Morgan fingerprint density at radius 2 is 1.94 bits per heavy atom. The van der Waals surface area contributed by atoms with E-state index >= 15 is 0 Å². The minimum Gasteiger partial charge on any atom is -0.506 e. The molecule has 1 heterocycles. The number of aromatic amines is 1. The van der Waals surface area contributed by atoms with Crippen LogP contribution in [0.25, 0.3) is 0 Å². The molecule has 0 aliphatic rings. The molecule has 32 heavy (non-hydrogen) atoms. The van der Waals surface area contributed by atoms with Gasteiger partial charge in [-0.05, 0) is 55.1 Å². The van der Waals surface area contributed by atoms with Gasteiger partial charge in [0, 0.05) is 18.3 Å². The molecular formula is C21H19Br2N5O4. The first-order chi connectivity index (χ1) is 15.4. The predicted molar refractivity (Wildman–Crippen MR) is 125 cm³/mol. The summed E-state index contributed by atoms with van der Waals surface area (Å²) in [4.78, 5) is 31.7. The Bertz CT molecular complexity index is 1070. The molecule has 0 aliphatic carbocycles. The number of amides is 2. The summed E-state index contributed by atoms with van der Waals surface area (Å²) in [7, 11) is 0. The van der Waals surface area contributed by atoms with Gasteiger partial charge in [-0.15, -0.1) is 0 Å². The van der Waals surface area contributed by atoms with Crippen molar-refractivity contribution < 1.29 is 19.4 Å². The quantitative estimate of drug-likeness (QED) is 0.245. The Hall–Kier alpha value is -3.18. The van der Waals surface area contributed by atoms with Gasteiger partial charge in [-0.3, -0.25) is 4.79 Å². The molecule has 4 N–H and O–H groups in total. The summed E-state index contributed by atoms with van der Waals surface area (Å²) in [6.45, 7) is 0.0772. The van der Waals surface area contributed by atoms with Crippen LogP contribution < -0.4 is 10.7 Å². The van der Waals surface area contributed by atoms with Crippen LogP contribution in [0.15, 0.2) is 69.0 Å². The Kier molecular flexibility index (Phi) is 8.40. The zero-order chi connectivity index (χ0) is 22.9. The molecule has 9 nitrogen and oxygen atoms in total. The summed E-state index contributed by atoms with van der Waals surface area (Å²) in [5.74, 6) is -0.478. The van der Waals surface area contributed by atoms with E-state index in [9.17, 15) is 14.7 Å². The number of nitrogens with one attached hydrogen (secondary N) is 3. The van der Waals surface area contributed by atoms with Gasteiger partial charge in [0.15, 0.2) is 0 Å². The lowest BCUT2D eigenvalue weighted by Crippen LogP contribution is -2.47. The topological polar surface area (TPSA) is 129 Å². The molecule has 0 fully saturated rings. The maximum absolute atomic E-state index is 12.7. The molecule has 3 aromatic rings. The summed E-state index contributed by atoms with van der Waals surface area (Å²) in [6.07, 6.45) is 3.89. The maximum Gasteiger partial charge on any atom is 0.408 e. The number of carbonyl (C=O) groups is 2. The molecule has 0 saturated heterocycles. The summed E-state index contributed by atoms with van der Waals surface area (Å²) < 4.78 is 6.15. The van der Waals surface area contributed by atoms with E-state index in [2.05, 4.69) is 57.7 Å². The molecule has 11 heteroatoms. The zero-order valence-corrected chi connectivity index (χ0v) is 19.8. The molecule has 0 bridgehead atoms. The first-order valence-corrected chi connectivity index (χ1v) is 11.0. The second kappa shape index (κ2) is 11.4. The second-order valence-corrected chi connectivity index (χ2v) is 8.32. The number of aromatic hydroxyl groups is 1. The Balaban J connectivity index is 1.62. The number of phenolic OH excluding ortho intramolecular Hbond substituents is 1. The third-order valence-electron chi connectivity index (χ3n) is 4.23. The summed E-state index contributed by atoms with van der Waals surface area (Å²) >= 11 is 6.47. The smallest absolute Gasteiger partial charge is 0.408 e. The Morgan fingerprint density at radius 1 is 1.22 bits per heavy atom. The van der Waals surface area contributed by atoms with Gasteiger partial charge in [-0.2, -0.15) is 5.10 Å². The number of imidazole rings is 1. The molecule has 0 saturated carbocycles. The molecule has 0 spiro atoms. The second-order valence-electron chi connectivity index (χ2n) is 6.61. The van der Waals surface area contributed by atoms with Gasteiger partial charge in [-0.25, -0.2) is 15.2 Å². The van der Waals surface area contributed by atoms with Crippen LogP contribution in [0.4, 0.5) is 4.79 Å². The van der Waals surface area contributed by atoms with E-state index in [0.29, 0.717) is 20.2 Å². The number of aromatic nitrogens is 2. The molecule has 0 radical (unpaired) electrons. The maximum atomic E-state index is 12.7. The third kappa shape index (κ3) is 6.92. The fraction of sp³-hybridized carbons (Fsp3) is 0.143. The van der Waals surface area contributed by atoms with Crippen LogP contribution in [0.5, 0.6) is 5.75 Å². The number of halogens is 2. The lowest BCUT2D eigenvalue weighted by atomic mass is 10.1. The number of hydrazone groups is 1. The van der Waals surface area contributed by atoms with Crippen LogP contribution >= 0.6 is 31.9 Å². The number of rotatable bonds is 8. The van der Waals surface area contributed by atoms with Crippen LogP contribution in [0.1, 0.15) is 16.8 Å². The molecule has 0 aliphatic heterocycles. The number of phenols is 1. The summed E-state index contributed by atoms with van der Waals surface area (Å²) in [5.41, 5.74) is 4.52. The number of hydrogen-bond donors (Lipinski definition) is 4. The monoisotopic (exact) mass is 563 g/mol. The Labute approximate surface area is 200 Å². The van der Waals surface area contributed by atoms with Crippen LogP contribution in [0.2, 0.25) is 0 Å². The SMILES string of the molecule is O=C(N[C@@H](Cc1cnc[nH]1)C(=O)N/N=C\c1cc(Br)c(O)c(Br)c1)OCc1ccccc1. The fourth-order valence-electron chi connectivity index (χ4n) is 2.64. The molecule has 1 aromatic heterocycles. The zero-order valence-electron chi connectivity index (χ0n) is 16.6. The van der Waals surface area contributed by atoms with E-state index in [0.717, 1.165) is 5.56 Å². The number of H-pyrrole nitrogens is 1. The highest BCUT2D eigenvalue weighted by Crippen LogP contribution is 2.32. The van der Waals surface area contributed by atoms with Gasteiger partial charge in [0.2, 0.25) is 0 Å². The average molecular weight is 565 g/mol.